The maximum atomic E-state index is 12.2. The molecule has 0 aliphatic heterocycles. The average molecular weight is 288 g/mol. The third-order valence-electron chi connectivity index (χ3n) is 2.85. The third kappa shape index (κ3) is 5.52. The second kappa shape index (κ2) is 8.58. The minimum absolute atomic E-state index is 0.0237. The lowest BCUT2D eigenvalue weighted by Crippen LogP contribution is -2.35. The monoisotopic (exact) mass is 288 g/mol. The average Bonchev–Trinajstić information content (AvgIpc) is 2.46. The van der Waals surface area contributed by atoms with E-state index in [-0.39, 0.29) is 12.5 Å². The Labute approximate surface area is 124 Å². The summed E-state index contributed by atoms with van der Waals surface area (Å²) in [4.78, 5) is 24.4. The van der Waals surface area contributed by atoms with Crippen LogP contribution in [0, 0.1) is 0 Å². The van der Waals surface area contributed by atoms with E-state index in [0.717, 1.165) is 5.56 Å². The molecule has 5 nitrogen and oxygen atoms in total. The smallest absolute Gasteiger partial charge is 0.322 e. The van der Waals surface area contributed by atoms with Crippen LogP contribution in [-0.2, 0) is 11.2 Å². The predicted octanol–water partition coefficient (Wildman–Crippen LogP) is 2.91. The summed E-state index contributed by atoms with van der Waals surface area (Å²) in [6.07, 6.45) is 3.67. The topological polar surface area (TPSA) is 69.6 Å². The Morgan fingerprint density at radius 2 is 1.81 bits per heavy atom. The summed E-state index contributed by atoms with van der Waals surface area (Å²) in [5.74, 6) is -0.865. The summed E-state index contributed by atoms with van der Waals surface area (Å²) in [5, 5.41) is 11.6. The van der Waals surface area contributed by atoms with E-state index in [2.05, 4.69) is 18.5 Å². The number of para-hydroxylation sites is 1. The van der Waals surface area contributed by atoms with Gasteiger partial charge in [0.25, 0.3) is 0 Å². The molecule has 112 valence electrons. The van der Waals surface area contributed by atoms with Crippen LogP contribution in [0.25, 0.3) is 0 Å². The van der Waals surface area contributed by atoms with Gasteiger partial charge < -0.3 is 15.3 Å². The Balaban J connectivity index is 2.80. The van der Waals surface area contributed by atoms with Gasteiger partial charge in [-0.25, -0.2) is 4.79 Å². The maximum absolute atomic E-state index is 12.2. The van der Waals surface area contributed by atoms with Gasteiger partial charge in [-0.1, -0.05) is 30.4 Å². The minimum atomic E-state index is -0.865. The highest BCUT2D eigenvalue weighted by atomic mass is 16.4. The molecule has 1 rings (SSSR count). The lowest BCUT2D eigenvalue weighted by atomic mass is 10.1. The molecule has 21 heavy (non-hydrogen) atoms. The van der Waals surface area contributed by atoms with Crippen molar-refractivity contribution in [3.63, 3.8) is 0 Å². The van der Waals surface area contributed by atoms with Gasteiger partial charge in [-0.15, -0.1) is 13.2 Å². The van der Waals surface area contributed by atoms with E-state index in [0.29, 0.717) is 25.2 Å². The molecule has 0 saturated carbocycles. The van der Waals surface area contributed by atoms with Gasteiger partial charge in [0.15, 0.2) is 0 Å². The molecule has 0 aliphatic rings. The van der Waals surface area contributed by atoms with Crippen LogP contribution in [0.4, 0.5) is 10.5 Å². The lowest BCUT2D eigenvalue weighted by Gasteiger charge is -2.21. The number of hydrogen-bond acceptors (Lipinski definition) is 2. The normalized spacial score (nSPS) is 9.71. The lowest BCUT2D eigenvalue weighted by molar-refractivity contribution is -0.136. The van der Waals surface area contributed by atoms with Crippen molar-refractivity contribution in [2.75, 3.05) is 18.4 Å². The summed E-state index contributed by atoms with van der Waals surface area (Å²) in [6.45, 7) is 8.06. The summed E-state index contributed by atoms with van der Waals surface area (Å²) < 4.78 is 0. The number of benzene rings is 1. The van der Waals surface area contributed by atoms with E-state index in [1.54, 1.807) is 29.2 Å². The van der Waals surface area contributed by atoms with Gasteiger partial charge >= 0.3 is 12.0 Å². The van der Waals surface area contributed by atoms with Crippen molar-refractivity contribution in [3.05, 3.63) is 55.1 Å². The number of carbonyl (C=O) groups excluding carboxylic acids is 1. The first-order valence-electron chi connectivity index (χ1n) is 6.66. The molecule has 0 heterocycles. The highest BCUT2D eigenvalue weighted by Crippen LogP contribution is 2.17. The van der Waals surface area contributed by atoms with E-state index >= 15 is 0 Å². The molecule has 2 N–H and O–H groups in total. The third-order valence-corrected chi connectivity index (χ3v) is 2.85. The molecule has 0 aromatic heterocycles. The quantitative estimate of drug-likeness (QED) is 0.723. The van der Waals surface area contributed by atoms with Crippen LogP contribution in [0.2, 0.25) is 0 Å². The second-order valence-corrected chi connectivity index (χ2v) is 4.46. The molecule has 0 unspecified atom stereocenters. The van der Waals surface area contributed by atoms with Crippen LogP contribution in [0.15, 0.2) is 49.6 Å². The molecule has 0 spiro atoms. The molecule has 1 aromatic rings. The number of carboxylic acids is 1. The van der Waals surface area contributed by atoms with Gasteiger partial charge in [-0.05, 0) is 18.1 Å². The van der Waals surface area contributed by atoms with E-state index < -0.39 is 5.97 Å². The van der Waals surface area contributed by atoms with Crippen molar-refractivity contribution in [2.24, 2.45) is 0 Å². The Kier molecular flexibility index (Phi) is 6.74. The van der Waals surface area contributed by atoms with Crippen molar-refractivity contribution >= 4 is 17.7 Å². The number of nitrogens with zero attached hydrogens (tertiary/aromatic N) is 1. The molecule has 0 radical (unpaired) electrons. The zero-order valence-electron chi connectivity index (χ0n) is 11.9. The van der Waals surface area contributed by atoms with Crippen LogP contribution < -0.4 is 5.32 Å². The van der Waals surface area contributed by atoms with Crippen LogP contribution in [-0.4, -0.2) is 35.1 Å². The highest BCUT2D eigenvalue weighted by molar-refractivity contribution is 5.90. The fraction of sp³-hybridized carbons (Fsp3) is 0.250. The Hall–Kier alpha value is -2.56. The van der Waals surface area contributed by atoms with Gasteiger partial charge in [-0.3, -0.25) is 4.79 Å². The second-order valence-electron chi connectivity index (χ2n) is 4.46. The number of carboxylic acid groups (broad SMARTS) is 1. The highest BCUT2D eigenvalue weighted by Gasteiger charge is 2.12. The molecule has 0 atom stereocenters. The Bertz CT molecular complexity index is 516. The summed E-state index contributed by atoms with van der Waals surface area (Å²) in [7, 11) is 0. The summed E-state index contributed by atoms with van der Waals surface area (Å²) >= 11 is 0. The number of anilines is 1. The molecule has 0 saturated heterocycles. The van der Waals surface area contributed by atoms with Gasteiger partial charge in [-0.2, -0.15) is 0 Å². The van der Waals surface area contributed by atoms with Crippen molar-refractivity contribution in [1.29, 1.82) is 0 Å². The first kappa shape index (κ1) is 16.5. The van der Waals surface area contributed by atoms with E-state index in [1.807, 2.05) is 12.1 Å². The number of aliphatic carboxylic acids is 1. The van der Waals surface area contributed by atoms with Crippen molar-refractivity contribution in [3.8, 4) is 0 Å². The van der Waals surface area contributed by atoms with Gasteiger partial charge in [0.2, 0.25) is 0 Å². The summed E-state index contributed by atoms with van der Waals surface area (Å²) in [6, 6.07) is 6.92. The number of rotatable bonds is 8. The van der Waals surface area contributed by atoms with E-state index in [9.17, 15) is 9.59 Å². The predicted molar refractivity (Wildman–Crippen MR) is 83.4 cm³/mol. The Morgan fingerprint density at radius 3 is 2.38 bits per heavy atom. The van der Waals surface area contributed by atoms with E-state index in [1.165, 1.54) is 0 Å². The number of urea groups is 1. The summed E-state index contributed by atoms with van der Waals surface area (Å²) in [5.41, 5.74) is 1.42. The molecule has 1 aromatic carbocycles. The van der Waals surface area contributed by atoms with E-state index in [4.69, 9.17) is 5.11 Å². The standard InChI is InChI=1S/C16H20N2O3/c1-3-11-18(12-4-2)16(21)17-14-8-6-5-7-13(14)9-10-15(19)20/h3-8H,1-2,9-12H2,(H,17,21)(H,19,20). The minimum Gasteiger partial charge on any atom is -0.481 e. The first-order valence-corrected chi connectivity index (χ1v) is 6.66. The first-order chi connectivity index (χ1) is 10.1. The maximum Gasteiger partial charge on any atom is 0.322 e. The van der Waals surface area contributed by atoms with Crippen LogP contribution in [0.3, 0.4) is 0 Å². The molecule has 0 fully saturated rings. The molecule has 2 amide bonds. The van der Waals surface area contributed by atoms with Crippen LogP contribution in [0.1, 0.15) is 12.0 Å². The number of amides is 2. The molecule has 5 heteroatoms. The fourth-order valence-corrected chi connectivity index (χ4v) is 1.85. The van der Waals surface area contributed by atoms with Crippen molar-refractivity contribution < 1.29 is 14.7 Å². The molecule has 0 bridgehead atoms. The molecular weight excluding hydrogens is 268 g/mol. The van der Waals surface area contributed by atoms with Crippen molar-refractivity contribution in [1.82, 2.24) is 4.90 Å². The zero-order chi connectivity index (χ0) is 15.7. The number of aryl methyl sites for hydroxylation is 1. The number of nitrogens with one attached hydrogen (secondary N) is 1. The van der Waals surface area contributed by atoms with Crippen LogP contribution in [0.5, 0.6) is 0 Å². The van der Waals surface area contributed by atoms with Gasteiger partial charge in [0, 0.05) is 25.2 Å². The van der Waals surface area contributed by atoms with Crippen molar-refractivity contribution in [2.45, 2.75) is 12.8 Å². The van der Waals surface area contributed by atoms with Gasteiger partial charge in [0.05, 0.1) is 0 Å². The molecular formula is C16H20N2O3. The largest absolute Gasteiger partial charge is 0.481 e. The number of carbonyl (C=O) groups is 2. The SMILES string of the molecule is C=CCN(CC=C)C(=O)Nc1ccccc1CCC(=O)O. The fourth-order valence-electron chi connectivity index (χ4n) is 1.85. The Morgan fingerprint density at radius 1 is 1.19 bits per heavy atom. The number of hydrogen-bond donors (Lipinski definition) is 2. The molecule has 0 aliphatic carbocycles. The van der Waals surface area contributed by atoms with Crippen LogP contribution >= 0.6 is 0 Å². The van der Waals surface area contributed by atoms with Gasteiger partial charge in [0.1, 0.15) is 0 Å². The zero-order valence-corrected chi connectivity index (χ0v) is 11.9.